The van der Waals surface area contributed by atoms with Crippen molar-refractivity contribution >= 4 is 23.6 Å². The van der Waals surface area contributed by atoms with E-state index < -0.39 is 29.6 Å². The fourth-order valence-corrected chi connectivity index (χ4v) is 2.06. The Kier molecular flexibility index (Phi) is 6.39. The van der Waals surface area contributed by atoms with Gasteiger partial charge in [-0.2, -0.15) is 5.26 Å². The van der Waals surface area contributed by atoms with Gasteiger partial charge in [-0.05, 0) is 37.6 Å². The molecule has 1 atom stereocenters. The van der Waals surface area contributed by atoms with Gasteiger partial charge in [-0.1, -0.05) is 29.8 Å². The molecule has 0 spiro atoms. The SMILES string of the molecule is Cc1ccc(/C=C(\C#N)C(=O)O[C@@H](C)C(=O)Nc2ccc(F)c(F)c2)cc1. The summed E-state index contributed by atoms with van der Waals surface area (Å²) in [5.74, 6) is -3.88. The molecular formula is C20H16F2N2O3. The number of anilines is 1. The molecule has 0 aromatic heterocycles. The summed E-state index contributed by atoms with van der Waals surface area (Å²) in [4.78, 5) is 24.2. The van der Waals surface area contributed by atoms with Crippen molar-refractivity contribution in [3.63, 3.8) is 0 Å². The second-order valence-electron chi connectivity index (χ2n) is 5.75. The number of hydrogen-bond donors (Lipinski definition) is 1. The van der Waals surface area contributed by atoms with Crippen LogP contribution in [0.2, 0.25) is 0 Å². The Hall–Kier alpha value is -3.53. The van der Waals surface area contributed by atoms with E-state index in [1.54, 1.807) is 18.2 Å². The molecule has 1 N–H and O–H groups in total. The maximum atomic E-state index is 13.2. The van der Waals surface area contributed by atoms with Crippen molar-refractivity contribution in [2.24, 2.45) is 0 Å². The van der Waals surface area contributed by atoms with Gasteiger partial charge in [-0.25, -0.2) is 13.6 Å². The highest BCUT2D eigenvalue weighted by molar-refractivity contribution is 6.01. The number of halogens is 2. The first-order chi connectivity index (χ1) is 12.8. The average molecular weight is 370 g/mol. The predicted molar refractivity (Wildman–Crippen MR) is 95.3 cm³/mol. The lowest BCUT2D eigenvalue weighted by atomic mass is 10.1. The van der Waals surface area contributed by atoms with Gasteiger partial charge in [0.15, 0.2) is 17.7 Å². The number of nitrogens with zero attached hydrogens (tertiary/aromatic N) is 1. The summed E-state index contributed by atoms with van der Waals surface area (Å²) in [7, 11) is 0. The van der Waals surface area contributed by atoms with Crippen LogP contribution in [0, 0.1) is 29.9 Å². The summed E-state index contributed by atoms with van der Waals surface area (Å²) in [6, 6.07) is 11.7. The summed E-state index contributed by atoms with van der Waals surface area (Å²) >= 11 is 0. The van der Waals surface area contributed by atoms with E-state index >= 15 is 0 Å². The number of carbonyl (C=O) groups is 2. The van der Waals surface area contributed by atoms with Crippen molar-refractivity contribution in [1.29, 1.82) is 5.26 Å². The average Bonchev–Trinajstić information content (AvgIpc) is 2.64. The zero-order valence-electron chi connectivity index (χ0n) is 14.6. The molecule has 27 heavy (non-hydrogen) atoms. The molecule has 0 aliphatic rings. The lowest BCUT2D eigenvalue weighted by molar-refractivity contribution is -0.148. The monoisotopic (exact) mass is 370 g/mol. The lowest BCUT2D eigenvalue weighted by Crippen LogP contribution is -2.30. The summed E-state index contributed by atoms with van der Waals surface area (Å²) in [6.07, 6.45) is 0.0993. The summed E-state index contributed by atoms with van der Waals surface area (Å²) in [6.45, 7) is 3.20. The van der Waals surface area contributed by atoms with Gasteiger partial charge in [0.05, 0.1) is 0 Å². The van der Waals surface area contributed by atoms with Crippen LogP contribution in [0.3, 0.4) is 0 Å². The molecular weight excluding hydrogens is 354 g/mol. The topological polar surface area (TPSA) is 79.2 Å². The maximum absolute atomic E-state index is 13.2. The maximum Gasteiger partial charge on any atom is 0.349 e. The van der Waals surface area contributed by atoms with Crippen LogP contribution in [0.15, 0.2) is 48.0 Å². The first-order valence-electron chi connectivity index (χ1n) is 7.95. The van der Waals surface area contributed by atoms with Crippen LogP contribution in [-0.2, 0) is 14.3 Å². The highest BCUT2D eigenvalue weighted by atomic mass is 19.2. The molecule has 7 heteroatoms. The van der Waals surface area contributed by atoms with Crippen LogP contribution in [-0.4, -0.2) is 18.0 Å². The van der Waals surface area contributed by atoms with E-state index in [2.05, 4.69) is 5.32 Å². The van der Waals surface area contributed by atoms with Gasteiger partial charge in [0, 0.05) is 11.8 Å². The number of esters is 1. The van der Waals surface area contributed by atoms with Gasteiger partial charge in [-0.3, -0.25) is 4.79 Å². The van der Waals surface area contributed by atoms with Gasteiger partial charge >= 0.3 is 5.97 Å². The van der Waals surface area contributed by atoms with E-state index in [0.717, 1.165) is 17.7 Å². The molecule has 0 saturated carbocycles. The van der Waals surface area contributed by atoms with E-state index in [1.807, 2.05) is 19.1 Å². The zero-order chi connectivity index (χ0) is 20.0. The lowest BCUT2D eigenvalue weighted by Gasteiger charge is -2.13. The third kappa shape index (κ3) is 5.47. The molecule has 0 radical (unpaired) electrons. The summed E-state index contributed by atoms with van der Waals surface area (Å²) in [5, 5.41) is 11.5. The number of hydrogen-bond acceptors (Lipinski definition) is 4. The molecule has 0 fully saturated rings. The summed E-state index contributed by atoms with van der Waals surface area (Å²) in [5.41, 5.74) is 1.40. The molecule has 1 amide bonds. The van der Waals surface area contributed by atoms with Gasteiger partial charge < -0.3 is 10.1 Å². The Bertz CT molecular complexity index is 931. The van der Waals surface area contributed by atoms with Crippen LogP contribution in [0.25, 0.3) is 6.08 Å². The first kappa shape index (κ1) is 19.8. The second kappa shape index (κ2) is 8.72. The Labute approximate surface area is 154 Å². The van der Waals surface area contributed by atoms with Crippen LogP contribution in [0.4, 0.5) is 14.5 Å². The Morgan fingerprint density at radius 2 is 1.81 bits per heavy atom. The highest BCUT2D eigenvalue weighted by Crippen LogP contribution is 2.14. The van der Waals surface area contributed by atoms with E-state index in [4.69, 9.17) is 10.00 Å². The number of carbonyl (C=O) groups excluding carboxylic acids is 2. The molecule has 0 bridgehead atoms. The van der Waals surface area contributed by atoms with Crippen molar-refractivity contribution < 1.29 is 23.1 Å². The number of nitriles is 1. The Morgan fingerprint density at radius 1 is 1.15 bits per heavy atom. The molecule has 138 valence electrons. The number of rotatable bonds is 5. The minimum Gasteiger partial charge on any atom is -0.448 e. The van der Waals surface area contributed by atoms with Gasteiger partial charge in [0.1, 0.15) is 11.6 Å². The Balaban J connectivity index is 2.04. The first-order valence-corrected chi connectivity index (χ1v) is 7.95. The number of nitrogens with one attached hydrogen (secondary N) is 1. The van der Waals surface area contributed by atoms with Crippen molar-refractivity contribution in [3.05, 3.63) is 70.8 Å². The zero-order valence-corrected chi connectivity index (χ0v) is 14.6. The van der Waals surface area contributed by atoms with Gasteiger partial charge in [-0.15, -0.1) is 0 Å². The molecule has 2 aromatic rings. The summed E-state index contributed by atoms with van der Waals surface area (Å²) < 4.78 is 31.0. The third-order valence-corrected chi connectivity index (χ3v) is 3.57. The highest BCUT2D eigenvalue weighted by Gasteiger charge is 2.21. The van der Waals surface area contributed by atoms with E-state index in [9.17, 15) is 18.4 Å². The van der Waals surface area contributed by atoms with Gasteiger partial charge in [0.25, 0.3) is 5.91 Å². The number of amides is 1. The van der Waals surface area contributed by atoms with Crippen molar-refractivity contribution in [2.45, 2.75) is 20.0 Å². The number of aryl methyl sites for hydroxylation is 1. The Morgan fingerprint density at radius 3 is 2.41 bits per heavy atom. The minimum absolute atomic E-state index is 0.0116. The van der Waals surface area contributed by atoms with Crippen molar-refractivity contribution in [3.8, 4) is 6.07 Å². The molecule has 0 aliphatic heterocycles. The van der Waals surface area contributed by atoms with Crippen LogP contribution in [0.1, 0.15) is 18.1 Å². The molecule has 2 rings (SSSR count). The predicted octanol–water partition coefficient (Wildman–Crippen LogP) is 3.75. The van der Waals surface area contributed by atoms with Crippen LogP contribution < -0.4 is 5.32 Å². The fraction of sp³-hybridized carbons (Fsp3) is 0.150. The van der Waals surface area contributed by atoms with E-state index in [-0.39, 0.29) is 11.3 Å². The second-order valence-corrected chi connectivity index (χ2v) is 5.75. The number of ether oxygens (including phenoxy) is 1. The third-order valence-electron chi connectivity index (χ3n) is 3.57. The van der Waals surface area contributed by atoms with Crippen molar-refractivity contribution in [1.82, 2.24) is 0 Å². The molecule has 0 heterocycles. The van der Waals surface area contributed by atoms with Crippen LogP contribution >= 0.6 is 0 Å². The largest absolute Gasteiger partial charge is 0.448 e. The quantitative estimate of drug-likeness (QED) is 0.494. The van der Waals surface area contributed by atoms with Crippen LogP contribution in [0.5, 0.6) is 0 Å². The number of benzene rings is 2. The van der Waals surface area contributed by atoms with Crippen molar-refractivity contribution in [2.75, 3.05) is 5.32 Å². The normalized spacial score (nSPS) is 12.0. The molecule has 0 unspecified atom stereocenters. The van der Waals surface area contributed by atoms with Gasteiger partial charge in [0.2, 0.25) is 0 Å². The van der Waals surface area contributed by atoms with E-state index in [0.29, 0.717) is 5.56 Å². The molecule has 0 saturated heterocycles. The standard InChI is InChI=1S/C20H16F2N2O3/c1-12-3-5-14(6-4-12)9-15(11-23)20(26)27-13(2)19(25)24-16-7-8-17(21)18(22)10-16/h3-10,13H,1-2H3,(H,24,25)/b15-9+/t13-/m0/s1. The smallest absolute Gasteiger partial charge is 0.349 e. The molecule has 0 aliphatic carbocycles. The molecule has 2 aromatic carbocycles. The van der Waals surface area contributed by atoms with E-state index in [1.165, 1.54) is 19.1 Å². The molecule has 5 nitrogen and oxygen atoms in total. The minimum atomic E-state index is -1.25. The fourth-order valence-electron chi connectivity index (χ4n) is 2.06.